The van der Waals surface area contributed by atoms with Crippen LogP contribution in [0.15, 0.2) is 48.4 Å². The van der Waals surface area contributed by atoms with Gasteiger partial charge in [-0.3, -0.25) is 0 Å². The van der Waals surface area contributed by atoms with Gasteiger partial charge in [-0.2, -0.15) is 0 Å². The van der Waals surface area contributed by atoms with Crippen LogP contribution < -0.4 is 0 Å². The Bertz CT molecular complexity index is 652. The van der Waals surface area contributed by atoms with E-state index in [9.17, 15) is 0 Å². The molecule has 0 aliphatic heterocycles. The first-order chi connectivity index (χ1) is 9.33. The van der Waals surface area contributed by atoms with Crippen LogP contribution in [0.2, 0.25) is 0 Å². The predicted molar refractivity (Wildman–Crippen MR) is 76.8 cm³/mol. The number of nitrogens with one attached hydrogen (secondary N) is 1. The van der Waals surface area contributed by atoms with Gasteiger partial charge < -0.3 is 14.5 Å². The van der Waals surface area contributed by atoms with Crippen molar-refractivity contribution in [1.29, 1.82) is 0 Å². The van der Waals surface area contributed by atoms with Crippen LogP contribution in [-0.4, -0.2) is 25.3 Å². The first-order valence-electron chi connectivity index (χ1n) is 6.38. The van der Waals surface area contributed by atoms with E-state index in [1.807, 2.05) is 12.3 Å². The highest BCUT2D eigenvalue weighted by Gasteiger charge is 2.19. The summed E-state index contributed by atoms with van der Waals surface area (Å²) >= 11 is 0. The third kappa shape index (κ3) is 2.06. The van der Waals surface area contributed by atoms with Crippen molar-refractivity contribution in [2.24, 2.45) is 0 Å². The zero-order valence-corrected chi connectivity index (χ0v) is 11.1. The molecule has 1 N–H and O–H groups in total. The van der Waals surface area contributed by atoms with E-state index in [0.717, 1.165) is 17.7 Å². The fraction of sp³-hybridized carbons (Fsp3) is 0.250. The summed E-state index contributed by atoms with van der Waals surface area (Å²) < 4.78 is 10.8. The molecule has 0 radical (unpaired) electrons. The largest absolute Gasteiger partial charge is 0.498 e. The second-order valence-corrected chi connectivity index (χ2v) is 4.62. The van der Waals surface area contributed by atoms with Crippen LogP contribution >= 0.6 is 0 Å². The van der Waals surface area contributed by atoms with Crippen molar-refractivity contribution in [3.63, 3.8) is 0 Å². The lowest BCUT2D eigenvalue weighted by atomic mass is 9.96. The Morgan fingerprint density at radius 3 is 2.84 bits per heavy atom. The summed E-state index contributed by atoms with van der Waals surface area (Å²) in [6, 6.07) is 8.31. The molecule has 3 nitrogen and oxygen atoms in total. The number of ether oxygens (including phenoxy) is 2. The van der Waals surface area contributed by atoms with Crippen LogP contribution in [0.25, 0.3) is 16.5 Å². The van der Waals surface area contributed by atoms with Crippen molar-refractivity contribution in [3.8, 4) is 0 Å². The number of aromatic amines is 1. The van der Waals surface area contributed by atoms with Gasteiger partial charge in [0.1, 0.15) is 11.9 Å². The van der Waals surface area contributed by atoms with Crippen LogP contribution in [0, 0.1) is 0 Å². The van der Waals surface area contributed by atoms with E-state index < -0.39 is 0 Å². The standard InChI is InChI=1S/C16H17NO2/c1-18-15-8-7-11(9-16(15)19-2)13-10-17-14-6-4-3-5-12(13)14/h3-7,9-10,15,17H,8H2,1-2H3. The molecule has 3 rings (SSSR count). The molecule has 0 fully saturated rings. The SMILES string of the molecule is COC1=CC(c2c[nH]c3ccccc23)=CCC1OC. The maximum atomic E-state index is 5.42. The average molecular weight is 255 g/mol. The van der Waals surface area contributed by atoms with E-state index in [2.05, 4.69) is 35.3 Å². The highest BCUT2D eigenvalue weighted by atomic mass is 16.5. The van der Waals surface area contributed by atoms with Crippen molar-refractivity contribution < 1.29 is 9.47 Å². The van der Waals surface area contributed by atoms with Crippen molar-refractivity contribution in [3.05, 3.63) is 53.9 Å². The maximum absolute atomic E-state index is 5.42. The van der Waals surface area contributed by atoms with Gasteiger partial charge in [0.05, 0.1) is 7.11 Å². The van der Waals surface area contributed by atoms with E-state index in [4.69, 9.17) is 9.47 Å². The average Bonchev–Trinajstić information content (AvgIpc) is 2.90. The topological polar surface area (TPSA) is 34.2 Å². The minimum Gasteiger partial charge on any atom is -0.498 e. The molecule has 19 heavy (non-hydrogen) atoms. The molecular formula is C16H17NO2. The molecule has 0 spiro atoms. The number of hydrogen-bond acceptors (Lipinski definition) is 2. The van der Waals surface area contributed by atoms with Crippen LogP contribution in [0.4, 0.5) is 0 Å². The number of H-pyrrole nitrogens is 1. The number of allylic oxidation sites excluding steroid dienone is 2. The number of rotatable bonds is 3. The predicted octanol–water partition coefficient (Wildman–Crippen LogP) is 3.50. The lowest BCUT2D eigenvalue weighted by Gasteiger charge is -2.21. The van der Waals surface area contributed by atoms with Crippen molar-refractivity contribution in [1.82, 2.24) is 4.98 Å². The third-order valence-corrected chi connectivity index (χ3v) is 3.59. The Hall–Kier alpha value is -2.00. The van der Waals surface area contributed by atoms with E-state index >= 15 is 0 Å². The van der Waals surface area contributed by atoms with Crippen LogP contribution in [-0.2, 0) is 9.47 Å². The summed E-state index contributed by atoms with van der Waals surface area (Å²) in [4.78, 5) is 3.30. The van der Waals surface area contributed by atoms with Crippen LogP contribution in [0.5, 0.6) is 0 Å². The molecule has 1 aliphatic rings. The van der Waals surface area contributed by atoms with Crippen LogP contribution in [0.3, 0.4) is 0 Å². The number of hydrogen-bond donors (Lipinski definition) is 1. The number of benzene rings is 1. The Labute approximate surface area is 112 Å². The molecule has 1 aromatic heterocycles. The number of methoxy groups -OCH3 is 2. The molecule has 0 amide bonds. The summed E-state index contributed by atoms with van der Waals surface area (Å²) in [5.74, 6) is 0.880. The quantitative estimate of drug-likeness (QED) is 0.910. The van der Waals surface area contributed by atoms with Gasteiger partial charge in [-0.15, -0.1) is 0 Å². The van der Waals surface area contributed by atoms with Crippen molar-refractivity contribution in [2.75, 3.05) is 14.2 Å². The Kier molecular flexibility index (Phi) is 3.13. The van der Waals surface area contributed by atoms with Crippen LogP contribution in [0.1, 0.15) is 12.0 Å². The summed E-state index contributed by atoms with van der Waals surface area (Å²) in [5, 5.41) is 1.23. The van der Waals surface area contributed by atoms with E-state index in [-0.39, 0.29) is 6.10 Å². The summed E-state index contributed by atoms with van der Waals surface area (Å²) in [5.41, 5.74) is 3.54. The van der Waals surface area contributed by atoms with Crippen molar-refractivity contribution in [2.45, 2.75) is 12.5 Å². The normalized spacial score (nSPS) is 19.2. The highest BCUT2D eigenvalue weighted by molar-refractivity contribution is 5.95. The molecule has 0 saturated heterocycles. The molecule has 1 heterocycles. The van der Waals surface area contributed by atoms with E-state index in [1.165, 1.54) is 16.5 Å². The fourth-order valence-corrected chi connectivity index (χ4v) is 2.56. The van der Waals surface area contributed by atoms with E-state index in [0.29, 0.717) is 0 Å². The number of para-hydroxylation sites is 1. The van der Waals surface area contributed by atoms with Crippen molar-refractivity contribution >= 4 is 16.5 Å². The molecule has 1 aromatic carbocycles. The van der Waals surface area contributed by atoms with Gasteiger partial charge in [0, 0.05) is 29.8 Å². The lowest BCUT2D eigenvalue weighted by Crippen LogP contribution is -2.17. The third-order valence-electron chi connectivity index (χ3n) is 3.59. The zero-order chi connectivity index (χ0) is 13.2. The first-order valence-corrected chi connectivity index (χ1v) is 6.38. The van der Waals surface area contributed by atoms with Gasteiger partial charge in [-0.05, 0) is 24.1 Å². The molecule has 1 unspecified atom stereocenters. The molecule has 0 saturated carbocycles. The number of fused-ring (bicyclic) bond motifs is 1. The second kappa shape index (κ2) is 4.94. The fourth-order valence-electron chi connectivity index (χ4n) is 2.56. The number of aromatic nitrogens is 1. The van der Waals surface area contributed by atoms with Gasteiger partial charge in [0.2, 0.25) is 0 Å². The molecule has 2 aromatic rings. The van der Waals surface area contributed by atoms with Gasteiger partial charge >= 0.3 is 0 Å². The molecule has 98 valence electrons. The second-order valence-electron chi connectivity index (χ2n) is 4.62. The zero-order valence-electron chi connectivity index (χ0n) is 11.1. The summed E-state index contributed by atoms with van der Waals surface area (Å²) in [6.45, 7) is 0. The minimum absolute atomic E-state index is 0.0268. The summed E-state index contributed by atoms with van der Waals surface area (Å²) in [6.07, 6.45) is 7.18. The van der Waals surface area contributed by atoms with Gasteiger partial charge in [-0.25, -0.2) is 0 Å². The monoisotopic (exact) mass is 255 g/mol. The first kappa shape index (κ1) is 12.1. The minimum atomic E-state index is 0.0268. The Balaban J connectivity index is 2.03. The van der Waals surface area contributed by atoms with E-state index in [1.54, 1.807) is 14.2 Å². The Morgan fingerprint density at radius 2 is 2.05 bits per heavy atom. The van der Waals surface area contributed by atoms with Gasteiger partial charge in [-0.1, -0.05) is 24.3 Å². The molecule has 3 heteroatoms. The smallest absolute Gasteiger partial charge is 0.125 e. The Morgan fingerprint density at radius 1 is 1.21 bits per heavy atom. The molecule has 0 bridgehead atoms. The molecule has 1 atom stereocenters. The van der Waals surface area contributed by atoms with Gasteiger partial charge in [0.15, 0.2) is 0 Å². The maximum Gasteiger partial charge on any atom is 0.125 e. The summed E-state index contributed by atoms with van der Waals surface area (Å²) in [7, 11) is 3.40. The lowest BCUT2D eigenvalue weighted by molar-refractivity contribution is 0.0799. The van der Waals surface area contributed by atoms with Gasteiger partial charge in [0.25, 0.3) is 0 Å². The molecule has 1 aliphatic carbocycles. The molecular weight excluding hydrogens is 238 g/mol. The highest BCUT2D eigenvalue weighted by Crippen LogP contribution is 2.31.